The molecular weight excluding hydrogens is 315 g/mol. The molecule has 0 saturated carbocycles. The molecule has 0 unspecified atom stereocenters. The average Bonchev–Trinajstić information content (AvgIpc) is 2.47. The topological polar surface area (TPSA) is 82.6 Å². The van der Waals surface area contributed by atoms with Gasteiger partial charge in [0.25, 0.3) is 0 Å². The number of halogens is 2. The lowest BCUT2D eigenvalue weighted by Crippen LogP contribution is -2.05. The van der Waals surface area contributed by atoms with Crippen LogP contribution in [0.2, 0.25) is 10.0 Å². The Morgan fingerprint density at radius 2 is 2.10 bits per heavy atom. The highest BCUT2D eigenvalue weighted by Gasteiger charge is 2.09. The number of hydrogen-bond donors (Lipinski definition) is 1. The monoisotopic (exact) mass is 326 g/mol. The van der Waals surface area contributed by atoms with Crippen molar-refractivity contribution >= 4 is 35.2 Å². The normalized spacial score (nSPS) is 10.8. The molecule has 0 radical (unpaired) electrons. The Morgan fingerprint density at radius 3 is 2.81 bits per heavy atom. The third kappa shape index (κ3) is 3.96. The second-order valence-electron chi connectivity index (χ2n) is 3.93. The summed E-state index contributed by atoms with van der Waals surface area (Å²) >= 11 is 11.8. The van der Waals surface area contributed by atoms with Crippen LogP contribution in [0.3, 0.4) is 0 Å². The summed E-state index contributed by atoms with van der Waals surface area (Å²) in [4.78, 5) is 12.5. The lowest BCUT2D eigenvalue weighted by Gasteiger charge is -2.09. The Bertz CT molecular complexity index is 665. The predicted molar refractivity (Wildman–Crippen MR) is 81.8 cm³/mol. The first kappa shape index (κ1) is 15.3. The zero-order valence-electron chi connectivity index (χ0n) is 11.1. The molecule has 21 heavy (non-hydrogen) atoms. The minimum atomic E-state index is 0.245. The van der Waals surface area contributed by atoms with Gasteiger partial charge in [-0.05, 0) is 17.7 Å². The van der Waals surface area contributed by atoms with Gasteiger partial charge in [0.05, 0.1) is 16.3 Å². The Morgan fingerprint density at radius 1 is 1.29 bits per heavy atom. The van der Waals surface area contributed by atoms with Crippen molar-refractivity contribution in [3.63, 3.8) is 0 Å². The third-order valence-electron chi connectivity index (χ3n) is 2.52. The lowest BCUT2D eigenvalue weighted by molar-refractivity contribution is 0.215. The van der Waals surface area contributed by atoms with Crippen molar-refractivity contribution in [2.75, 3.05) is 12.8 Å². The summed E-state index contributed by atoms with van der Waals surface area (Å²) < 4.78 is 5.62. The fraction of sp³-hybridized carbons (Fsp3) is 0.154. The maximum Gasteiger partial charge on any atom is 0.228 e. The van der Waals surface area contributed by atoms with Gasteiger partial charge in [0, 0.05) is 0 Å². The average molecular weight is 327 g/mol. The first-order valence-electron chi connectivity index (χ1n) is 5.85. The van der Waals surface area contributed by atoms with Gasteiger partial charge in [0.1, 0.15) is 31.4 Å². The molecule has 1 heterocycles. The van der Waals surface area contributed by atoms with Gasteiger partial charge in [0.2, 0.25) is 5.88 Å². The molecule has 0 bridgehead atoms. The Balaban J connectivity index is 2.17. The van der Waals surface area contributed by atoms with Crippen molar-refractivity contribution in [2.24, 2.45) is 5.16 Å². The second kappa shape index (κ2) is 7.10. The number of rotatable bonds is 5. The van der Waals surface area contributed by atoms with Crippen LogP contribution < -0.4 is 10.5 Å². The molecule has 0 fully saturated rings. The van der Waals surface area contributed by atoms with Gasteiger partial charge in [-0.1, -0.05) is 34.4 Å². The van der Waals surface area contributed by atoms with Crippen molar-refractivity contribution in [1.29, 1.82) is 0 Å². The van der Waals surface area contributed by atoms with Gasteiger partial charge >= 0.3 is 0 Å². The molecule has 1 aromatic carbocycles. The van der Waals surface area contributed by atoms with Crippen LogP contribution in [0.25, 0.3) is 0 Å². The number of nitrogens with two attached hydrogens (primary N) is 1. The van der Waals surface area contributed by atoms with Crippen LogP contribution in [0.4, 0.5) is 5.82 Å². The molecule has 0 atom stereocenters. The quantitative estimate of drug-likeness (QED) is 0.674. The molecule has 8 heteroatoms. The lowest BCUT2D eigenvalue weighted by atomic mass is 10.2. The number of anilines is 1. The van der Waals surface area contributed by atoms with Gasteiger partial charge in [-0.3, -0.25) is 0 Å². The number of aromatic nitrogens is 2. The van der Waals surface area contributed by atoms with Crippen molar-refractivity contribution in [1.82, 2.24) is 9.97 Å². The van der Waals surface area contributed by atoms with Gasteiger partial charge in [0.15, 0.2) is 0 Å². The fourth-order valence-electron chi connectivity index (χ4n) is 1.52. The van der Waals surface area contributed by atoms with Crippen LogP contribution in [-0.4, -0.2) is 23.3 Å². The highest BCUT2D eigenvalue weighted by atomic mass is 35.5. The van der Waals surface area contributed by atoms with Crippen LogP contribution >= 0.6 is 23.2 Å². The Kier molecular flexibility index (Phi) is 5.19. The first-order chi connectivity index (χ1) is 10.1. The van der Waals surface area contributed by atoms with Crippen LogP contribution in [-0.2, 0) is 11.4 Å². The smallest absolute Gasteiger partial charge is 0.228 e. The van der Waals surface area contributed by atoms with Crippen LogP contribution in [0, 0.1) is 0 Å². The van der Waals surface area contributed by atoms with Gasteiger partial charge in [-0.15, -0.1) is 0 Å². The minimum Gasteiger partial charge on any atom is -0.472 e. The summed E-state index contributed by atoms with van der Waals surface area (Å²) in [6.07, 6.45) is 2.70. The molecular formula is C13H12Cl2N4O2. The maximum absolute atomic E-state index is 5.95. The van der Waals surface area contributed by atoms with Crippen molar-refractivity contribution < 1.29 is 9.57 Å². The van der Waals surface area contributed by atoms with Crippen LogP contribution in [0.5, 0.6) is 5.88 Å². The number of hydrogen-bond acceptors (Lipinski definition) is 6. The third-order valence-corrected chi connectivity index (χ3v) is 3.26. The molecule has 2 rings (SSSR count). The predicted octanol–water partition coefficient (Wildman–Crippen LogP) is 2.92. The summed E-state index contributed by atoms with van der Waals surface area (Å²) in [5.41, 5.74) is 7.05. The van der Waals surface area contributed by atoms with E-state index in [9.17, 15) is 0 Å². The SMILES string of the molecule is CO/N=C\c1c(N)ncnc1OCc1ccc(Cl)c(Cl)c1. The van der Waals surface area contributed by atoms with E-state index in [4.69, 9.17) is 33.7 Å². The van der Waals surface area contributed by atoms with Gasteiger partial charge in [-0.2, -0.15) is 0 Å². The second-order valence-corrected chi connectivity index (χ2v) is 4.75. The number of nitrogen functional groups attached to an aromatic ring is 1. The molecule has 2 N–H and O–H groups in total. The number of ether oxygens (including phenoxy) is 1. The van der Waals surface area contributed by atoms with E-state index in [0.29, 0.717) is 21.5 Å². The number of oxime groups is 1. The molecule has 1 aromatic heterocycles. The standard InChI is InChI=1S/C13H12Cl2N4O2/c1-20-19-5-9-12(16)17-7-18-13(9)21-6-8-2-3-10(14)11(15)4-8/h2-5,7H,6H2,1H3,(H2,16,17,18)/b19-5-. The number of nitrogens with zero attached hydrogens (tertiary/aromatic N) is 3. The molecule has 0 aliphatic rings. The summed E-state index contributed by atoms with van der Waals surface area (Å²) in [6.45, 7) is 0.251. The number of benzene rings is 1. The highest BCUT2D eigenvalue weighted by molar-refractivity contribution is 6.42. The van der Waals surface area contributed by atoms with Crippen LogP contribution in [0.1, 0.15) is 11.1 Å². The van der Waals surface area contributed by atoms with Crippen LogP contribution in [0.15, 0.2) is 29.7 Å². The molecule has 0 aliphatic heterocycles. The molecule has 0 spiro atoms. The largest absolute Gasteiger partial charge is 0.472 e. The van der Waals surface area contributed by atoms with E-state index in [-0.39, 0.29) is 12.4 Å². The summed E-state index contributed by atoms with van der Waals surface area (Å²) in [5.74, 6) is 0.546. The van der Waals surface area contributed by atoms with E-state index >= 15 is 0 Å². The van der Waals surface area contributed by atoms with E-state index in [1.165, 1.54) is 19.7 Å². The highest BCUT2D eigenvalue weighted by Crippen LogP contribution is 2.24. The van der Waals surface area contributed by atoms with E-state index in [0.717, 1.165) is 5.56 Å². The zero-order chi connectivity index (χ0) is 15.2. The molecule has 110 valence electrons. The molecule has 6 nitrogen and oxygen atoms in total. The first-order valence-corrected chi connectivity index (χ1v) is 6.61. The van der Waals surface area contributed by atoms with Crippen molar-refractivity contribution in [3.05, 3.63) is 45.7 Å². The Hall–Kier alpha value is -2.05. The minimum absolute atomic E-state index is 0.245. The zero-order valence-corrected chi connectivity index (χ0v) is 12.6. The van der Waals surface area contributed by atoms with E-state index in [1.807, 2.05) is 6.07 Å². The summed E-state index contributed by atoms with van der Waals surface area (Å²) in [6, 6.07) is 5.23. The summed E-state index contributed by atoms with van der Waals surface area (Å²) in [5, 5.41) is 4.59. The fourth-order valence-corrected chi connectivity index (χ4v) is 1.84. The van der Waals surface area contributed by atoms with Crippen molar-refractivity contribution in [3.8, 4) is 5.88 Å². The van der Waals surface area contributed by atoms with E-state index in [2.05, 4.69) is 20.0 Å². The van der Waals surface area contributed by atoms with E-state index in [1.54, 1.807) is 12.1 Å². The van der Waals surface area contributed by atoms with Crippen molar-refractivity contribution in [2.45, 2.75) is 6.61 Å². The van der Waals surface area contributed by atoms with Gasteiger partial charge in [-0.25, -0.2) is 9.97 Å². The Labute approximate surface area is 131 Å². The molecule has 2 aromatic rings. The maximum atomic E-state index is 5.95. The summed E-state index contributed by atoms with van der Waals surface area (Å²) in [7, 11) is 1.42. The van der Waals surface area contributed by atoms with E-state index < -0.39 is 0 Å². The molecule has 0 amide bonds. The molecule has 0 saturated heterocycles. The molecule has 0 aliphatic carbocycles. The van der Waals surface area contributed by atoms with Gasteiger partial charge < -0.3 is 15.3 Å².